The Morgan fingerprint density at radius 1 is 1.12 bits per heavy atom. The molecule has 2 amide bonds. The van der Waals surface area contributed by atoms with Crippen LogP contribution in [0.25, 0.3) is 0 Å². The minimum atomic E-state index is -0.211. The monoisotopic (exact) mass is 345 g/mol. The maximum atomic E-state index is 12.2. The number of piperidine rings is 1. The van der Waals surface area contributed by atoms with Crippen molar-refractivity contribution < 1.29 is 14.3 Å². The summed E-state index contributed by atoms with van der Waals surface area (Å²) in [4.78, 5) is 25.8. The Kier molecular flexibility index (Phi) is 5.91. The molecule has 136 valence electrons. The average molecular weight is 345 g/mol. The third-order valence-electron chi connectivity index (χ3n) is 5.18. The highest BCUT2D eigenvalue weighted by atomic mass is 16.5. The number of benzene rings is 1. The second-order valence-electron chi connectivity index (χ2n) is 6.96. The Morgan fingerprint density at radius 2 is 1.84 bits per heavy atom. The van der Waals surface area contributed by atoms with Crippen LogP contribution in [0.4, 0.5) is 5.69 Å². The van der Waals surface area contributed by atoms with Crippen LogP contribution in [-0.4, -0.2) is 38.1 Å². The number of nitrogens with two attached hydrogens (primary N) is 1. The van der Waals surface area contributed by atoms with E-state index in [1.165, 1.54) is 0 Å². The van der Waals surface area contributed by atoms with E-state index >= 15 is 0 Å². The first-order valence-electron chi connectivity index (χ1n) is 9.12. The van der Waals surface area contributed by atoms with Gasteiger partial charge in [0.1, 0.15) is 0 Å². The minimum absolute atomic E-state index is 0.0628. The molecule has 0 radical (unpaired) electrons. The van der Waals surface area contributed by atoms with Crippen LogP contribution < -0.4 is 16.0 Å². The Balaban J connectivity index is 1.51. The van der Waals surface area contributed by atoms with Crippen molar-refractivity contribution in [2.24, 2.45) is 17.6 Å². The van der Waals surface area contributed by atoms with Crippen molar-refractivity contribution in [1.82, 2.24) is 5.32 Å². The predicted molar refractivity (Wildman–Crippen MR) is 96.0 cm³/mol. The summed E-state index contributed by atoms with van der Waals surface area (Å²) in [5.74, 6) is -0.0795. The molecule has 0 saturated carbocycles. The Morgan fingerprint density at radius 3 is 2.52 bits per heavy atom. The number of nitrogens with one attached hydrogen (secondary N) is 1. The Bertz CT molecular complexity index is 596. The highest BCUT2D eigenvalue weighted by molar-refractivity contribution is 5.79. The maximum absolute atomic E-state index is 12.2. The summed E-state index contributed by atoms with van der Waals surface area (Å²) >= 11 is 0. The molecule has 2 fully saturated rings. The van der Waals surface area contributed by atoms with Gasteiger partial charge in [0, 0.05) is 44.5 Å². The topological polar surface area (TPSA) is 84.7 Å². The number of carbonyl (C=O) groups excluding carboxylic acids is 2. The lowest BCUT2D eigenvalue weighted by atomic mass is 9.97. The predicted octanol–water partition coefficient (Wildman–Crippen LogP) is 1.43. The third kappa shape index (κ3) is 4.72. The average Bonchev–Trinajstić information content (AvgIpc) is 2.67. The highest BCUT2D eigenvalue weighted by Crippen LogP contribution is 2.23. The van der Waals surface area contributed by atoms with E-state index in [9.17, 15) is 9.59 Å². The second kappa shape index (κ2) is 8.34. The summed E-state index contributed by atoms with van der Waals surface area (Å²) in [5, 5.41) is 3.02. The van der Waals surface area contributed by atoms with E-state index < -0.39 is 0 Å². The van der Waals surface area contributed by atoms with E-state index in [1.54, 1.807) is 0 Å². The molecular formula is C19H27N3O3. The summed E-state index contributed by atoms with van der Waals surface area (Å²) in [6, 6.07) is 8.18. The number of ether oxygens (including phenoxy) is 1. The van der Waals surface area contributed by atoms with Gasteiger partial charge in [-0.15, -0.1) is 0 Å². The molecule has 0 aromatic heterocycles. The number of hydrogen-bond acceptors (Lipinski definition) is 4. The molecular weight excluding hydrogens is 318 g/mol. The van der Waals surface area contributed by atoms with E-state index in [0.29, 0.717) is 26.3 Å². The van der Waals surface area contributed by atoms with Crippen molar-refractivity contribution >= 4 is 17.5 Å². The van der Waals surface area contributed by atoms with Crippen molar-refractivity contribution in [3.05, 3.63) is 29.8 Å². The van der Waals surface area contributed by atoms with Crippen LogP contribution in [0, 0.1) is 11.8 Å². The molecule has 6 nitrogen and oxygen atoms in total. The van der Waals surface area contributed by atoms with Gasteiger partial charge in [0.15, 0.2) is 0 Å². The van der Waals surface area contributed by atoms with Gasteiger partial charge in [0.25, 0.3) is 0 Å². The number of nitrogens with zero attached hydrogens (tertiary/aromatic N) is 1. The van der Waals surface area contributed by atoms with Crippen LogP contribution >= 0.6 is 0 Å². The first-order chi connectivity index (χ1) is 12.1. The van der Waals surface area contributed by atoms with Gasteiger partial charge in [-0.1, -0.05) is 12.1 Å². The molecule has 1 atom stereocenters. The lowest BCUT2D eigenvalue weighted by Crippen LogP contribution is -2.41. The van der Waals surface area contributed by atoms with Gasteiger partial charge in [-0.2, -0.15) is 0 Å². The number of amides is 2. The van der Waals surface area contributed by atoms with Crippen molar-refractivity contribution in [3.8, 4) is 0 Å². The van der Waals surface area contributed by atoms with E-state index in [0.717, 1.165) is 43.5 Å². The largest absolute Gasteiger partial charge is 0.381 e. The standard InChI is InChI=1S/C19H27N3O3/c20-18(23)16-2-1-9-22(13-16)17-5-3-14(4-6-17)12-21-19(24)15-7-10-25-11-8-15/h3-6,15-16H,1-2,7-13H2,(H2,20,23)(H,21,24)/t16-/m1/s1. The highest BCUT2D eigenvalue weighted by Gasteiger charge is 2.24. The van der Waals surface area contributed by atoms with E-state index in [1.807, 2.05) is 12.1 Å². The van der Waals surface area contributed by atoms with E-state index in [2.05, 4.69) is 22.3 Å². The van der Waals surface area contributed by atoms with Gasteiger partial charge in [-0.25, -0.2) is 0 Å². The summed E-state index contributed by atoms with van der Waals surface area (Å²) in [5.41, 5.74) is 7.63. The molecule has 2 aliphatic heterocycles. The number of anilines is 1. The zero-order chi connectivity index (χ0) is 17.6. The molecule has 6 heteroatoms. The molecule has 1 aromatic carbocycles. The van der Waals surface area contributed by atoms with Gasteiger partial charge in [0.2, 0.25) is 11.8 Å². The van der Waals surface area contributed by atoms with Gasteiger partial charge >= 0.3 is 0 Å². The lowest BCUT2D eigenvalue weighted by Gasteiger charge is -2.33. The SMILES string of the molecule is NC(=O)[C@@H]1CCCN(c2ccc(CNC(=O)C3CCOCC3)cc2)C1. The van der Waals surface area contributed by atoms with Crippen LogP contribution in [0.5, 0.6) is 0 Å². The fourth-order valence-corrected chi connectivity index (χ4v) is 3.56. The lowest BCUT2D eigenvalue weighted by molar-refractivity contribution is -0.128. The van der Waals surface area contributed by atoms with Crippen molar-refractivity contribution in [2.75, 3.05) is 31.2 Å². The van der Waals surface area contributed by atoms with E-state index in [4.69, 9.17) is 10.5 Å². The number of hydrogen-bond donors (Lipinski definition) is 2. The first-order valence-corrected chi connectivity index (χ1v) is 9.12. The van der Waals surface area contributed by atoms with Crippen molar-refractivity contribution in [2.45, 2.75) is 32.2 Å². The summed E-state index contributed by atoms with van der Waals surface area (Å²) in [7, 11) is 0. The van der Waals surface area contributed by atoms with Crippen LogP contribution in [0.2, 0.25) is 0 Å². The molecule has 1 aromatic rings. The molecule has 2 aliphatic rings. The van der Waals surface area contributed by atoms with Crippen LogP contribution in [-0.2, 0) is 20.9 Å². The van der Waals surface area contributed by atoms with Gasteiger partial charge < -0.3 is 20.7 Å². The smallest absolute Gasteiger partial charge is 0.223 e. The zero-order valence-corrected chi connectivity index (χ0v) is 14.6. The van der Waals surface area contributed by atoms with Crippen LogP contribution in [0.15, 0.2) is 24.3 Å². The number of primary amides is 1. The third-order valence-corrected chi connectivity index (χ3v) is 5.18. The molecule has 3 N–H and O–H groups in total. The molecule has 0 spiro atoms. The van der Waals surface area contributed by atoms with Gasteiger partial charge in [-0.05, 0) is 43.4 Å². The fraction of sp³-hybridized carbons (Fsp3) is 0.579. The first kappa shape index (κ1) is 17.7. The zero-order valence-electron chi connectivity index (χ0n) is 14.6. The molecule has 3 rings (SSSR count). The fourth-order valence-electron chi connectivity index (χ4n) is 3.56. The number of rotatable bonds is 5. The summed E-state index contributed by atoms with van der Waals surface area (Å²) in [6.07, 6.45) is 3.47. The molecule has 2 saturated heterocycles. The molecule has 2 heterocycles. The molecule has 0 bridgehead atoms. The normalized spacial score (nSPS) is 21.8. The second-order valence-corrected chi connectivity index (χ2v) is 6.96. The van der Waals surface area contributed by atoms with Gasteiger partial charge in [0.05, 0.1) is 5.92 Å². The Hall–Kier alpha value is -2.08. The Labute approximate surface area is 148 Å². The quantitative estimate of drug-likeness (QED) is 0.845. The molecule has 0 unspecified atom stereocenters. The number of carbonyl (C=O) groups is 2. The minimum Gasteiger partial charge on any atom is -0.381 e. The van der Waals surface area contributed by atoms with Gasteiger partial charge in [-0.3, -0.25) is 9.59 Å². The summed E-state index contributed by atoms with van der Waals surface area (Å²) in [6.45, 7) is 3.53. The van der Waals surface area contributed by atoms with E-state index in [-0.39, 0.29) is 23.7 Å². The van der Waals surface area contributed by atoms with Crippen molar-refractivity contribution in [1.29, 1.82) is 0 Å². The molecule has 0 aliphatic carbocycles. The maximum Gasteiger partial charge on any atom is 0.223 e. The van der Waals surface area contributed by atoms with Crippen molar-refractivity contribution in [3.63, 3.8) is 0 Å². The van der Waals surface area contributed by atoms with Crippen LogP contribution in [0.1, 0.15) is 31.2 Å². The summed E-state index contributed by atoms with van der Waals surface area (Å²) < 4.78 is 5.29. The molecule has 25 heavy (non-hydrogen) atoms. The van der Waals surface area contributed by atoms with Crippen LogP contribution in [0.3, 0.4) is 0 Å².